The molecule has 0 spiro atoms. The summed E-state index contributed by atoms with van der Waals surface area (Å²) in [7, 11) is -3.75. The molecule has 0 bridgehead atoms. The molecule has 0 unspecified atom stereocenters. The van der Waals surface area contributed by atoms with Crippen molar-refractivity contribution >= 4 is 38.7 Å². The van der Waals surface area contributed by atoms with E-state index < -0.39 is 10.0 Å². The Morgan fingerprint density at radius 1 is 1.09 bits per heavy atom. The van der Waals surface area contributed by atoms with E-state index in [1.54, 1.807) is 18.2 Å². The summed E-state index contributed by atoms with van der Waals surface area (Å²) in [5.74, 6) is -0.260. The number of nitrogen functional groups attached to an aromatic ring is 1. The number of carbonyl (C=O) groups excluding carboxylic acids is 1. The van der Waals surface area contributed by atoms with E-state index in [4.69, 9.17) is 10.9 Å². The third-order valence-electron chi connectivity index (χ3n) is 2.77. The molecular formula is C14H15N5O3S. The highest BCUT2D eigenvalue weighted by Crippen LogP contribution is 2.29. The lowest BCUT2D eigenvalue weighted by Gasteiger charge is -2.06. The van der Waals surface area contributed by atoms with Crippen LogP contribution in [0.4, 0.5) is 22.7 Å². The number of benzene rings is 2. The molecule has 0 atom stereocenters. The van der Waals surface area contributed by atoms with Crippen molar-refractivity contribution in [2.45, 2.75) is 11.8 Å². The van der Waals surface area contributed by atoms with E-state index in [0.717, 1.165) is 0 Å². The fraction of sp³-hybridized carbons (Fsp3) is 0.0714. The van der Waals surface area contributed by atoms with Crippen LogP contribution >= 0.6 is 0 Å². The lowest BCUT2D eigenvalue weighted by atomic mass is 10.2. The molecule has 0 saturated heterocycles. The second-order valence-electron chi connectivity index (χ2n) is 4.70. The lowest BCUT2D eigenvalue weighted by Crippen LogP contribution is -2.11. The van der Waals surface area contributed by atoms with Gasteiger partial charge in [0.2, 0.25) is 15.9 Å². The van der Waals surface area contributed by atoms with Crippen molar-refractivity contribution in [3.8, 4) is 0 Å². The van der Waals surface area contributed by atoms with Gasteiger partial charge in [-0.05, 0) is 42.5 Å². The molecule has 120 valence electrons. The monoisotopic (exact) mass is 333 g/mol. The number of nitrogens with zero attached hydrogens (tertiary/aromatic N) is 2. The van der Waals surface area contributed by atoms with Crippen molar-refractivity contribution in [1.29, 1.82) is 0 Å². The molecule has 2 aromatic rings. The minimum Gasteiger partial charge on any atom is -0.399 e. The number of amides is 1. The summed E-state index contributed by atoms with van der Waals surface area (Å²) in [5, 5.41) is 15.7. The molecule has 0 aromatic heterocycles. The van der Waals surface area contributed by atoms with E-state index in [2.05, 4.69) is 15.5 Å². The molecular weight excluding hydrogens is 318 g/mol. The number of nitrogens with one attached hydrogen (secondary N) is 1. The highest BCUT2D eigenvalue weighted by atomic mass is 32.2. The predicted molar refractivity (Wildman–Crippen MR) is 87.1 cm³/mol. The molecule has 2 aromatic carbocycles. The summed E-state index contributed by atoms with van der Waals surface area (Å²) in [6, 6.07) is 10.4. The molecule has 0 aliphatic heterocycles. The molecule has 9 heteroatoms. The molecule has 0 fully saturated rings. The molecule has 0 aliphatic carbocycles. The van der Waals surface area contributed by atoms with Crippen molar-refractivity contribution in [2.24, 2.45) is 15.4 Å². The third-order valence-corrected chi connectivity index (χ3v) is 3.70. The summed E-state index contributed by atoms with van der Waals surface area (Å²) in [4.78, 5) is 11.2. The first kappa shape index (κ1) is 16.6. The number of carbonyl (C=O) groups is 1. The van der Waals surface area contributed by atoms with Crippen LogP contribution in [0.3, 0.4) is 0 Å². The van der Waals surface area contributed by atoms with Crippen LogP contribution in [0.25, 0.3) is 0 Å². The van der Waals surface area contributed by atoms with Crippen molar-refractivity contribution < 1.29 is 13.2 Å². The normalized spacial score (nSPS) is 11.6. The highest BCUT2D eigenvalue weighted by Gasteiger charge is 2.07. The highest BCUT2D eigenvalue weighted by molar-refractivity contribution is 7.89. The Morgan fingerprint density at radius 3 is 2.30 bits per heavy atom. The number of azo groups is 1. The number of rotatable bonds is 4. The first-order valence-electron chi connectivity index (χ1n) is 6.47. The Bertz CT molecular complexity index is 860. The summed E-state index contributed by atoms with van der Waals surface area (Å²) >= 11 is 0. The van der Waals surface area contributed by atoms with E-state index in [0.29, 0.717) is 22.7 Å². The maximum Gasteiger partial charge on any atom is 0.238 e. The zero-order valence-corrected chi connectivity index (χ0v) is 13.0. The first-order valence-corrected chi connectivity index (χ1v) is 8.02. The molecule has 5 N–H and O–H groups in total. The standard InChI is InChI=1S/C14H15N5O3S/c1-9(20)17-14-8-10(15)2-7-13(14)19-18-11-3-5-12(6-4-11)23(16,21)22/h2-8H,15H2,1H3,(H,17,20)(H2,16,21,22). The van der Waals surface area contributed by atoms with Gasteiger partial charge >= 0.3 is 0 Å². The van der Waals surface area contributed by atoms with Crippen LogP contribution in [-0.4, -0.2) is 14.3 Å². The molecule has 0 heterocycles. The summed E-state index contributed by atoms with van der Waals surface area (Å²) < 4.78 is 22.3. The smallest absolute Gasteiger partial charge is 0.238 e. The van der Waals surface area contributed by atoms with E-state index in [1.165, 1.54) is 31.2 Å². The Hall–Kier alpha value is -2.78. The van der Waals surface area contributed by atoms with Crippen LogP contribution in [0.15, 0.2) is 57.6 Å². The van der Waals surface area contributed by atoms with Gasteiger partial charge in [0, 0.05) is 12.6 Å². The minimum atomic E-state index is -3.75. The molecule has 0 aliphatic rings. The third kappa shape index (κ3) is 4.59. The molecule has 8 nitrogen and oxygen atoms in total. The second-order valence-corrected chi connectivity index (χ2v) is 6.26. The van der Waals surface area contributed by atoms with Gasteiger partial charge < -0.3 is 11.1 Å². The van der Waals surface area contributed by atoms with E-state index >= 15 is 0 Å². The van der Waals surface area contributed by atoms with Gasteiger partial charge in [0.1, 0.15) is 5.69 Å². The number of hydrogen-bond acceptors (Lipinski definition) is 6. The summed E-state index contributed by atoms with van der Waals surface area (Å²) in [6.07, 6.45) is 0. The van der Waals surface area contributed by atoms with Crippen LogP contribution in [0.2, 0.25) is 0 Å². The van der Waals surface area contributed by atoms with Crippen molar-refractivity contribution in [3.63, 3.8) is 0 Å². The molecule has 2 rings (SSSR count). The van der Waals surface area contributed by atoms with Gasteiger partial charge in [0.05, 0.1) is 16.3 Å². The maximum atomic E-state index is 11.2. The first-order chi connectivity index (χ1) is 10.8. The van der Waals surface area contributed by atoms with Gasteiger partial charge in [0.15, 0.2) is 0 Å². The minimum absolute atomic E-state index is 0.0112. The largest absolute Gasteiger partial charge is 0.399 e. The SMILES string of the molecule is CC(=O)Nc1cc(N)ccc1N=Nc1ccc(S(N)(=O)=O)cc1. The number of hydrogen-bond donors (Lipinski definition) is 3. The Morgan fingerprint density at radius 2 is 1.74 bits per heavy atom. The van der Waals surface area contributed by atoms with Gasteiger partial charge in [0.25, 0.3) is 0 Å². The predicted octanol–water partition coefficient (Wildman–Crippen LogP) is 2.29. The average molecular weight is 333 g/mol. The Balaban J connectivity index is 2.28. The Labute approximate surface area is 133 Å². The molecule has 0 radical (unpaired) electrons. The number of primary sulfonamides is 1. The van der Waals surface area contributed by atoms with Crippen LogP contribution in [-0.2, 0) is 14.8 Å². The second kappa shape index (κ2) is 6.55. The average Bonchev–Trinajstić information content (AvgIpc) is 2.45. The van der Waals surface area contributed by atoms with E-state index in [-0.39, 0.29) is 10.8 Å². The van der Waals surface area contributed by atoms with Crippen LogP contribution in [0.5, 0.6) is 0 Å². The fourth-order valence-electron chi connectivity index (χ4n) is 1.74. The van der Waals surface area contributed by atoms with Crippen LogP contribution < -0.4 is 16.2 Å². The van der Waals surface area contributed by atoms with Crippen molar-refractivity contribution in [1.82, 2.24) is 0 Å². The van der Waals surface area contributed by atoms with Crippen molar-refractivity contribution in [2.75, 3.05) is 11.1 Å². The summed E-state index contributed by atoms with van der Waals surface area (Å²) in [6.45, 7) is 1.37. The van der Waals surface area contributed by atoms with Gasteiger partial charge in [-0.25, -0.2) is 13.6 Å². The molecule has 1 amide bonds. The molecule has 0 saturated carbocycles. The van der Waals surface area contributed by atoms with Gasteiger partial charge in [-0.2, -0.15) is 5.11 Å². The van der Waals surface area contributed by atoms with E-state index in [1.807, 2.05) is 0 Å². The molecule has 23 heavy (non-hydrogen) atoms. The Kier molecular flexibility index (Phi) is 4.72. The zero-order chi connectivity index (χ0) is 17.0. The maximum absolute atomic E-state index is 11.2. The lowest BCUT2D eigenvalue weighted by molar-refractivity contribution is -0.114. The fourth-order valence-corrected chi connectivity index (χ4v) is 2.26. The van der Waals surface area contributed by atoms with Gasteiger partial charge in [-0.15, -0.1) is 5.11 Å². The van der Waals surface area contributed by atoms with Crippen LogP contribution in [0, 0.1) is 0 Å². The number of nitrogens with two attached hydrogens (primary N) is 2. The van der Waals surface area contributed by atoms with Crippen LogP contribution in [0.1, 0.15) is 6.92 Å². The van der Waals surface area contributed by atoms with Crippen molar-refractivity contribution in [3.05, 3.63) is 42.5 Å². The van der Waals surface area contributed by atoms with Gasteiger partial charge in [-0.1, -0.05) is 0 Å². The van der Waals surface area contributed by atoms with E-state index in [9.17, 15) is 13.2 Å². The van der Waals surface area contributed by atoms with Gasteiger partial charge in [-0.3, -0.25) is 4.79 Å². The topological polar surface area (TPSA) is 140 Å². The quantitative estimate of drug-likeness (QED) is 0.583. The number of sulfonamides is 1. The zero-order valence-electron chi connectivity index (χ0n) is 12.2. The summed E-state index contributed by atoms with van der Waals surface area (Å²) in [5.41, 5.74) is 7.44. The number of anilines is 2.